The molecule has 0 aliphatic carbocycles. The summed E-state index contributed by atoms with van der Waals surface area (Å²) in [4.78, 5) is 9.12. The number of nitrogens with zero attached hydrogens (tertiary/aromatic N) is 2. The van der Waals surface area contributed by atoms with E-state index in [2.05, 4.69) is 11.9 Å². The predicted molar refractivity (Wildman–Crippen MR) is 118 cm³/mol. The van der Waals surface area contributed by atoms with Crippen LogP contribution in [0.25, 0.3) is 21.8 Å². The number of pyridine rings is 2. The molecule has 3 aromatic rings. The second kappa shape index (κ2) is 10.2. The molecule has 2 heterocycles. The summed E-state index contributed by atoms with van der Waals surface area (Å²) in [5.41, 5.74) is 2.78. The van der Waals surface area contributed by atoms with E-state index in [0.717, 1.165) is 23.6 Å². The summed E-state index contributed by atoms with van der Waals surface area (Å²) < 4.78 is 0. The summed E-state index contributed by atoms with van der Waals surface area (Å²) in [6, 6.07) is 7.10. The van der Waals surface area contributed by atoms with Crippen molar-refractivity contribution in [3.05, 3.63) is 36.2 Å². The highest BCUT2D eigenvalue weighted by Crippen LogP contribution is 2.22. The fraction of sp³-hybridized carbons (Fsp3) is 0.429. The van der Waals surface area contributed by atoms with Gasteiger partial charge in [0.25, 0.3) is 0 Å². The summed E-state index contributed by atoms with van der Waals surface area (Å²) in [6.45, 7) is 2.21. The normalized spacial score (nSPS) is 11.3. The molecule has 152 valence electrons. The molecule has 0 aliphatic rings. The van der Waals surface area contributed by atoms with E-state index in [1.54, 1.807) is 12.1 Å². The van der Waals surface area contributed by atoms with Crippen LogP contribution in [0.2, 0.25) is 0 Å². The summed E-state index contributed by atoms with van der Waals surface area (Å²) in [5.74, 6) is 0. The number of fused-ring (bicyclic) bond motifs is 3. The van der Waals surface area contributed by atoms with E-state index in [0.29, 0.717) is 34.1 Å². The lowest BCUT2D eigenvalue weighted by atomic mass is 9.77. The van der Waals surface area contributed by atoms with Crippen LogP contribution in [0.15, 0.2) is 30.5 Å². The third-order valence-electron chi connectivity index (χ3n) is 5.36. The molecule has 0 saturated carbocycles. The van der Waals surface area contributed by atoms with Gasteiger partial charge in [-0.1, -0.05) is 69.7 Å². The van der Waals surface area contributed by atoms with Crippen LogP contribution in [0, 0.1) is 0 Å². The summed E-state index contributed by atoms with van der Waals surface area (Å²) in [7, 11) is -3.14. The summed E-state index contributed by atoms with van der Waals surface area (Å²) >= 11 is 0. The van der Waals surface area contributed by atoms with Gasteiger partial charge in [0.15, 0.2) is 0 Å². The fourth-order valence-corrected chi connectivity index (χ4v) is 3.72. The number of aromatic nitrogens is 2. The molecule has 0 bridgehead atoms. The molecule has 3 rings (SSSR count). The van der Waals surface area contributed by atoms with Gasteiger partial charge >= 0.3 is 14.2 Å². The number of unbranched alkanes of at least 4 members (excludes halogenated alkanes) is 6. The average molecular weight is 394 g/mol. The third kappa shape index (κ3) is 5.34. The van der Waals surface area contributed by atoms with E-state index in [1.165, 1.54) is 38.3 Å². The first-order chi connectivity index (χ1) is 14.0. The molecule has 29 heavy (non-hydrogen) atoms. The highest BCUT2D eigenvalue weighted by atomic mass is 16.4. The first-order valence-electron chi connectivity index (χ1n) is 10.5. The minimum absolute atomic E-state index is 0.322. The first-order valence-corrected chi connectivity index (χ1v) is 10.5. The van der Waals surface area contributed by atoms with Gasteiger partial charge in [-0.25, -0.2) is 0 Å². The molecule has 0 spiro atoms. The van der Waals surface area contributed by atoms with E-state index in [4.69, 9.17) is 4.98 Å². The maximum absolute atomic E-state index is 9.82. The van der Waals surface area contributed by atoms with E-state index in [9.17, 15) is 20.1 Å². The van der Waals surface area contributed by atoms with Crippen molar-refractivity contribution in [2.45, 2.75) is 58.3 Å². The van der Waals surface area contributed by atoms with E-state index in [-0.39, 0.29) is 0 Å². The Bertz CT molecular complexity index is 966. The third-order valence-corrected chi connectivity index (χ3v) is 5.36. The highest BCUT2D eigenvalue weighted by Gasteiger charge is 2.20. The SMILES string of the molecule is CCCCCCCCCc1nc2c(ccc3cc(B(O)O)cnc32)cc1B(O)O. The van der Waals surface area contributed by atoms with Gasteiger partial charge in [0.2, 0.25) is 0 Å². The molecule has 0 saturated heterocycles. The highest BCUT2D eigenvalue weighted by molar-refractivity contribution is 6.59. The zero-order chi connectivity index (χ0) is 20.8. The van der Waals surface area contributed by atoms with E-state index in [1.807, 2.05) is 12.1 Å². The van der Waals surface area contributed by atoms with Crippen LogP contribution in [0.1, 0.15) is 57.6 Å². The fourth-order valence-electron chi connectivity index (χ4n) is 3.72. The van der Waals surface area contributed by atoms with Gasteiger partial charge in [-0.2, -0.15) is 0 Å². The maximum Gasteiger partial charge on any atom is 0.490 e. The summed E-state index contributed by atoms with van der Waals surface area (Å²) in [5, 5.41) is 39.9. The van der Waals surface area contributed by atoms with Gasteiger partial charge in [-0.05, 0) is 12.8 Å². The topological polar surface area (TPSA) is 107 Å². The Morgan fingerprint density at radius 2 is 1.45 bits per heavy atom. The van der Waals surface area contributed by atoms with Crippen LogP contribution in [-0.4, -0.2) is 44.3 Å². The molecule has 0 fully saturated rings. The smallest absolute Gasteiger partial charge is 0.423 e. The molecular weight excluding hydrogens is 366 g/mol. The monoisotopic (exact) mass is 394 g/mol. The van der Waals surface area contributed by atoms with Crippen molar-refractivity contribution in [2.24, 2.45) is 0 Å². The standard InChI is InChI=1S/C21H28B2N2O4/c1-2-3-4-5-6-7-8-9-19-18(23(28)29)13-16-11-10-15-12-17(22(26)27)14-24-20(15)21(16)25-19/h10-14,26-29H,2-9H2,1H3. The molecule has 1 aromatic carbocycles. The number of hydrogen-bond acceptors (Lipinski definition) is 6. The average Bonchev–Trinajstić information content (AvgIpc) is 2.71. The minimum Gasteiger partial charge on any atom is -0.423 e. The Labute approximate surface area is 171 Å². The van der Waals surface area contributed by atoms with Gasteiger partial charge in [0, 0.05) is 33.6 Å². The zero-order valence-corrected chi connectivity index (χ0v) is 16.9. The van der Waals surface area contributed by atoms with Gasteiger partial charge < -0.3 is 20.1 Å². The molecule has 0 unspecified atom stereocenters. The lowest BCUT2D eigenvalue weighted by Crippen LogP contribution is -2.34. The molecule has 0 aliphatic heterocycles. The quantitative estimate of drug-likeness (QED) is 0.236. The molecular formula is C21H28B2N2O4. The zero-order valence-electron chi connectivity index (χ0n) is 16.9. The molecule has 0 amide bonds. The van der Waals surface area contributed by atoms with Gasteiger partial charge in [0.1, 0.15) is 0 Å². The van der Waals surface area contributed by atoms with Crippen molar-refractivity contribution in [1.29, 1.82) is 0 Å². The number of rotatable bonds is 10. The Morgan fingerprint density at radius 3 is 2.10 bits per heavy atom. The van der Waals surface area contributed by atoms with Crippen molar-refractivity contribution in [1.82, 2.24) is 9.97 Å². The van der Waals surface area contributed by atoms with Crippen LogP contribution in [0.3, 0.4) is 0 Å². The predicted octanol–water partition coefficient (Wildman–Crippen LogP) is 1.44. The Hall–Kier alpha value is -1.99. The molecule has 8 heteroatoms. The van der Waals surface area contributed by atoms with Gasteiger partial charge in [0.05, 0.1) is 11.0 Å². The maximum atomic E-state index is 9.82. The Balaban J connectivity index is 1.86. The van der Waals surface area contributed by atoms with Crippen LogP contribution in [-0.2, 0) is 6.42 Å². The lowest BCUT2D eigenvalue weighted by molar-refractivity contribution is 0.424. The Kier molecular flexibility index (Phi) is 7.61. The van der Waals surface area contributed by atoms with Gasteiger partial charge in [-0.15, -0.1) is 0 Å². The molecule has 0 radical (unpaired) electrons. The van der Waals surface area contributed by atoms with Crippen molar-refractivity contribution >= 4 is 47.0 Å². The van der Waals surface area contributed by atoms with Crippen LogP contribution in [0.4, 0.5) is 0 Å². The van der Waals surface area contributed by atoms with Gasteiger partial charge in [-0.3, -0.25) is 9.97 Å². The van der Waals surface area contributed by atoms with Crippen molar-refractivity contribution in [3.63, 3.8) is 0 Å². The van der Waals surface area contributed by atoms with Crippen molar-refractivity contribution < 1.29 is 20.1 Å². The van der Waals surface area contributed by atoms with Crippen LogP contribution in [0.5, 0.6) is 0 Å². The first kappa shape index (κ1) is 21.7. The van der Waals surface area contributed by atoms with Crippen molar-refractivity contribution in [3.8, 4) is 0 Å². The van der Waals surface area contributed by atoms with E-state index >= 15 is 0 Å². The van der Waals surface area contributed by atoms with Crippen LogP contribution >= 0.6 is 0 Å². The Morgan fingerprint density at radius 1 is 0.793 bits per heavy atom. The van der Waals surface area contributed by atoms with E-state index < -0.39 is 14.2 Å². The van der Waals surface area contributed by atoms with Crippen LogP contribution < -0.4 is 10.9 Å². The molecule has 2 aromatic heterocycles. The second-order valence-corrected chi connectivity index (χ2v) is 7.62. The molecule has 0 atom stereocenters. The minimum atomic E-state index is -1.57. The second-order valence-electron chi connectivity index (χ2n) is 7.62. The largest absolute Gasteiger partial charge is 0.490 e. The molecule has 6 nitrogen and oxygen atoms in total. The summed E-state index contributed by atoms with van der Waals surface area (Å²) in [6.07, 6.45) is 10.4. The number of hydrogen-bond donors (Lipinski definition) is 4. The van der Waals surface area contributed by atoms with Crippen molar-refractivity contribution in [2.75, 3.05) is 0 Å². The lowest BCUT2D eigenvalue weighted by Gasteiger charge is -2.12. The number of benzene rings is 1. The number of aryl methyl sites for hydroxylation is 1. The molecule has 4 N–H and O–H groups in total.